The summed E-state index contributed by atoms with van der Waals surface area (Å²) in [6, 6.07) is 0. The van der Waals surface area contributed by atoms with Crippen LogP contribution in [0.5, 0.6) is 0 Å². The minimum absolute atomic E-state index is 0.223. The molecule has 0 unspecified atom stereocenters. The molecule has 0 aromatic heterocycles. The molecule has 3 heteroatoms. The molecule has 1 amide bonds. The molecule has 2 N–H and O–H groups in total. The van der Waals surface area contributed by atoms with Gasteiger partial charge >= 0.3 is 0 Å². The highest BCUT2D eigenvalue weighted by Crippen LogP contribution is 2.04. The largest absolute Gasteiger partial charge is 0.287 e. The maximum Gasteiger partial charge on any atom is 0.260 e. The number of rotatable bonds is 6. The van der Waals surface area contributed by atoms with Crippen molar-refractivity contribution in [3.05, 3.63) is 48.6 Å². The van der Waals surface area contributed by atoms with Crippen molar-refractivity contribution in [2.45, 2.75) is 13.8 Å². The van der Waals surface area contributed by atoms with E-state index in [2.05, 4.69) is 30.6 Å². The first-order chi connectivity index (χ1) is 6.99. The van der Waals surface area contributed by atoms with Crippen molar-refractivity contribution in [2.24, 2.45) is 0 Å². The highest BCUT2D eigenvalue weighted by molar-refractivity contribution is 5.91. The molecule has 0 saturated carbocycles. The van der Waals surface area contributed by atoms with Gasteiger partial charge < -0.3 is 0 Å². The smallest absolute Gasteiger partial charge is 0.260 e. The molecule has 0 fully saturated rings. The Morgan fingerprint density at radius 2 is 1.93 bits per heavy atom. The Kier molecular flexibility index (Phi) is 6.06. The summed E-state index contributed by atoms with van der Waals surface area (Å²) in [5, 5.41) is 0. The van der Waals surface area contributed by atoms with Crippen LogP contribution < -0.4 is 10.9 Å². The fourth-order valence-corrected chi connectivity index (χ4v) is 0.770. The third kappa shape index (κ3) is 5.65. The lowest BCUT2D eigenvalue weighted by atomic mass is 10.1. The van der Waals surface area contributed by atoms with Crippen LogP contribution in [0.15, 0.2) is 48.6 Å². The number of carbonyl (C=O) groups is 1. The second kappa shape index (κ2) is 6.79. The molecule has 0 aliphatic rings. The molecule has 0 aromatic rings. The summed E-state index contributed by atoms with van der Waals surface area (Å²) in [6.07, 6.45) is 3.75. The van der Waals surface area contributed by atoms with Gasteiger partial charge in [-0.1, -0.05) is 31.9 Å². The topological polar surface area (TPSA) is 41.1 Å². The summed E-state index contributed by atoms with van der Waals surface area (Å²) < 4.78 is 0. The van der Waals surface area contributed by atoms with Gasteiger partial charge in [-0.2, -0.15) is 0 Å². The zero-order chi connectivity index (χ0) is 11.8. The van der Waals surface area contributed by atoms with Gasteiger partial charge in [0.05, 0.1) is 0 Å². The van der Waals surface area contributed by atoms with Gasteiger partial charge in [0.15, 0.2) is 0 Å². The lowest BCUT2D eigenvalue weighted by molar-refractivity contribution is -0.118. The molecule has 0 heterocycles. The van der Waals surface area contributed by atoms with Gasteiger partial charge in [0.1, 0.15) is 0 Å². The number of hydrazine groups is 1. The molecule has 0 atom stereocenters. The van der Waals surface area contributed by atoms with E-state index in [1.165, 1.54) is 0 Å². The number of amides is 1. The van der Waals surface area contributed by atoms with Crippen LogP contribution in [-0.4, -0.2) is 12.5 Å². The van der Waals surface area contributed by atoms with Crippen LogP contribution in [0.1, 0.15) is 13.8 Å². The van der Waals surface area contributed by atoms with E-state index >= 15 is 0 Å². The van der Waals surface area contributed by atoms with Crippen molar-refractivity contribution in [3.63, 3.8) is 0 Å². The van der Waals surface area contributed by atoms with E-state index in [0.717, 1.165) is 11.1 Å². The van der Waals surface area contributed by atoms with Crippen molar-refractivity contribution in [3.8, 4) is 0 Å². The van der Waals surface area contributed by atoms with Crippen LogP contribution in [0.2, 0.25) is 0 Å². The van der Waals surface area contributed by atoms with Crippen molar-refractivity contribution in [2.75, 3.05) is 6.54 Å². The predicted molar refractivity (Wildman–Crippen MR) is 64.1 cm³/mol. The summed E-state index contributed by atoms with van der Waals surface area (Å²) in [6.45, 7) is 15.2. The molecule has 0 rings (SSSR count). The highest BCUT2D eigenvalue weighted by Gasteiger charge is 2.00. The number of carbonyl (C=O) groups excluding carboxylic acids is 1. The van der Waals surface area contributed by atoms with Crippen LogP contribution in [0.3, 0.4) is 0 Å². The summed E-state index contributed by atoms with van der Waals surface area (Å²) in [5.41, 5.74) is 7.38. The first-order valence-corrected chi connectivity index (χ1v) is 4.67. The highest BCUT2D eigenvalue weighted by atomic mass is 16.2. The van der Waals surface area contributed by atoms with Crippen LogP contribution >= 0.6 is 0 Å². The lowest BCUT2D eigenvalue weighted by Gasteiger charge is -2.09. The second-order valence-corrected chi connectivity index (χ2v) is 3.22. The van der Waals surface area contributed by atoms with E-state index in [1.54, 1.807) is 6.92 Å². The van der Waals surface area contributed by atoms with Gasteiger partial charge in [-0.3, -0.25) is 10.2 Å². The van der Waals surface area contributed by atoms with Gasteiger partial charge in [0.25, 0.3) is 5.91 Å². The molecule has 0 aromatic carbocycles. The Balaban J connectivity index is 3.88. The van der Waals surface area contributed by atoms with E-state index in [-0.39, 0.29) is 5.91 Å². The Morgan fingerprint density at radius 3 is 2.40 bits per heavy atom. The van der Waals surface area contributed by atoms with Crippen LogP contribution in [0.25, 0.3) is 0 Å². The average molecular weight is 206 g/mol. The van der Waals surface area contributed by atoms with Gasteiger partial charge in [0, 0.05) is 12.1 Å². The Morgan fingerprint density at radius 1 is 1.33 bits per heavy atom. The van der Waals surface area contributed by atoms with Crippen LogP contribution in [0.4, 0.5) is 0 Å². The van der Waals surface area contributed by atoms with Crippen molar-refractivity contribution in [1.29, 1.82) is 0 Å². The molecule has 0 aliphatic carbocycles. The van der Waals surface area contributed by atoms with Gasteiger partial charge in [-0.05, 0) is 25.0 Å². The fraction of sp³-hybridized carbons (Fsp3) is 0.250. The molecule has 0 radical (unpaired) electrons. The third-order valence-corrected chi connectivity index (χ3v) is 1.71. The number of hydrogen-bond donors (Lipinski definition) is 2. The standard InChI is InChI=1S/C12H18N2O/c1-6-7-10(4)11(5)8-13-14-12(15)9(2)3/h6-7,13H,2,4-5,8H2,1,3H3,(H,14,15)/b7-6-. The maximum absolute atomic E-state index is 11.1. The van der Waals surface area contributed by atoms with Crippen molar-refractivity contribution >= 4 is 5.91 Å². The maximum atomic E-state index is 11.1. The SMILES string of the molecule is C=C(C)C(=O)NNCC(=C)C(=C)/C=C\C. The monoisotopic (exact) mass is 206 g/mol. The zero-order valence-electron chi connectivity index (χ0n) is 9.39. The van der Waals surface area contributed by atoms with E-state index in [1.807, 2.05) is 19.1 Å². The number of nitrogens with one attached hydrogen (secondary N) is 2. The summed E-state index contributed by atoms with van der Waals surface area (Å²) in [5.74, 6) is -0.223. The third-order valence-electron chi connectivity index (χ3n) is 1.71. The summed E-state index contributed by atoms with van der Waals surface area (Å²) >= 11 is 0. The normalized spacial score (nSPS) is 10.0. The Bertz CT molecular complexity index is 314. The van der Waals surface area contributed by atoms with Gasteiger partial charge in [0.2, 0.25) is 0 Å². The Hall–Kier alpha value is -1.61. The van der Waals surface area contributed by atoms with E-state index in [0.29, 0.717) is 12.1 Å². The minimum atomic E-state index is -0.223. The number of allylic oxidation sites excluding steroid dienone is 2. The van der Waals surface area contributed by atoms with Crippen molar-refractivity contribution in [1.82, 2.24) is 10.9 Å². The Labute approximate surface area is 91.2 Å². The minimum Gasteiger partial charge on any atom is -0.287 e. The van der Waals surface area contributed by atoms with E-state index in [9.17, 15) is 4.79 Å². The molecule has 82 valence electrons. The first kappa shape index (κ1) is 13.4. The number of hydrogen-bond acceptors (Lipinski definition) is 2. The quantitative estimate of drug-likeness (QED) is 0.396. The van der Waals surface area contributed by atoms with E-state index < -0.39 is 0 Å². The molecule has 0 spiro atoms. The second-order valence-electron chi connectivity index (χ2n) is 3.22. The molecular formula is C12H18N2O. The predicted octanol–water partition coefficient (Wildman–Crippen LogP) is 1.87. The van der Waals surface area contributed by atoms with Gasteiger partial charge in [-0.25, -0.2) is 5.43 Å². The lowest BCUT2D eigenvalue weighted by Crippen LogP contribution is -2.38. The molecule has 3 nitrogen and oxygen atoms in total. The fourth-order valence-electron chi connectivity index (χ4n) is 0.770. The molecular weight excluding hydrogens is 188 g/mol. The van der Waals surface area contributed by atoms with Gasteiger partial charge in [-0.15, -0.1) is 0 Å². The first-order valence-electron chi connectivity index (χ1n) is 4.67. The summed E-state index contributed by atoms with van der Waals surface area (Å²) in [7, 11) is 0. The summed E-state index contributed by atoms with van der Waals surface area (Å²) in [4.78, 5) is 11.1. The van der Waals surface area contributed by atoms with Crippen LogP contribution in [-0.2, 0) is 4.79 Å². The molecule has 0 bridgehead atoms. The van der Waals surface area contributed by atoms with Crippen molar-refractivity contribution < 1.29 is 4.79 Å². The average Bonchev–Trinajstić information content (AvgIpc) is 2.17. The molecule has 0 saturated heterocycles. The van der Waals surface area contributed by atoms with E-state index in [4.69, 9.17) is 0 Å². The molecule has 15 heavy (non-hydrogen) atoms. The molecule has 0 aliphatic heterocycles. The zero-order valence-corrected chi connectivity index (χ0v) is 9.39. The van der Waals surface area contributed by atoms with Crippen LogP contribution in [0, 0.1) is 0 Å².